The number of nitrogens with one attached hydrogen (secondary N) is 1. The van der Waals surface area contributed by atoms with Crippen molar-refractivity contribution in [2.24, 2.45) is 7.05 Å². The number of nitrogens with zero attached hydrogens (tertiary/aromatic N) is 2. The van der Waals surface area contributed by atoms with Gasteiger partial charge >= 0.3 is 0 Å². The Morgan fingerprint density at radius 1 is 0.923 bits per heavy atom. The van der Waals surface area contributed by atoms with Crippen molar-refractivity contribution in [3.63, 3.8) is 0 Å². The molecule has 0 saturated carbocycles. The zero-order chi connectivity index (χ0) is 18.9. The fourth-order valence-corrected chi connectivity index (χ4v) is 3.91. The molecular weight excluding hydrogens is 350 g/mol. The van der Waals surface area contributed by atoms with Crippen LogP contribution in [0.3, 0.4) is 0 Å². The maximum atomic E-state index is 12.6. The van der Waals surface area contributed by atoms with E-state index in [9.17, 15) is 13.2 Å². The maximum Gasteiger partial charge on any atom is 0.266 e. The summed E-state index contributed by atoms with van der Waals surface area (Å²) in [6, 6.07) is 15.1. The number of benzene rings is 2. The van der Waals surface area contributed by atoms with Crippen LogP contribution in [0.15, 0.2) is 64.3 Å². The third kappa shape index (κ3) is 3.83. The Labute approximate surface area is 152 Å². The van der Waals surface area contributed by atoms with E-state index in [-0.39, 0.29) is 10.5 Å². The number of sulfonamides is 1. The van der Waals surface area contributed by atoms with Crippen molar-refractivity contribution in [2.45, 2.75) is 18.7 Å². The molecule has 1 aromatic heterocycles. The van der Waals surface area contributed by atoms with Crippen molar-refractivity contribution in [3.05, 3.63) is 76.1 Å². The van der Waals surface area contributed by atoms with Gasteiger partial charge in [-0.2, -0.15) is 5.10 Å². The highest BCUT2D eigenvalue weighted by Crippen LogP contribution is 2.22. The van der Waals surface area contributed by atoms with E-state index in [1.165, 1.54) is 10.7 Å². The van der Waals surface area contributed by atoms with Gasteiger partial charge in [-0.1, -0.05) is 18.2 Å². The second-order valence-corrected chi connectivity index (χ2v) is 7.87. The third-order valence-electron chi connectivity index (χ3n) is 3.90. The molecule has 0 spiro atoms. The zero-order valence-electron chi connectivity index (χ0n) is 14.7. The largest absolute Gasteiger partial charge is 0.280 e. The van der Waals surface area contributed by atoms with Crippen LogP contribution >= 0.6 is 0 Å². The van der Waals surface area contributed by atoms with E-state index in [1.807, 2.05) is 19.9 Å². The first-order valence-corrected chi connectivity index (χ1v) is 9.49. The van der Waals surface area contributed by atoms with Gasteiger partial charge in [-0.05, 0) is 55.3 Å². The Morgan fingerprint density at radius 2 is 1.54 bits per heavy atom. The summed E-state index contributed by atoms with van der Waals surface area (Å²) in [5.41, 5.74) is 3.47. The third-order valence-corrected chi connectivity index (χ3v) is 5.26. The molecule has 0 saturated heterocycles. The van der Waals surface area contributed by atoms with Gasteiger partial charge in [-0.15, -0.1) is 0 Å². The van der Waals surface area contributed by atoms with E-state index in [0.29, 0.717) is 11.4 Å². The fraction of sp³-hybridized carbons (Fsp3) is 0.158. The van der Waals surface area contributed by atoms with Gasteiger partial charge in [0.15, 0.2) is 0 Å². The molecule has 3 aromatic rings. The summed E-state index contributed by atoms with van der Waals surface area (Å²) in [7, 11) is -2.08. The van der Waals surface area contributed by atoms with Crippen molar-refractivity contribution in [3.8, 4) is 11.3 Å². The lowest BCUT2D eigenvalue weighted by Crippen LogP contribution is -2.18. The second kappa shape index (κ2) is 6.76. The molecule has 0 aliphatic carbocycles. The summed E-state index contributed by atoms with van der Waals surface area (Å²) in [4.78, 5) is 11.7. The molecule has 6 nitrogen and oxygen atoms in total. The molecule has 3 rings (SSSR count). The second-order valence-electron chi connectivity index (χ2n) is 6.19. The van der Waals surface area contributed by atoms with E-state index >= 15 is 0 Å². The number of aromatic nitrogens is 2. The smallest absolute Gasteiger partial charge is 0.266 e. The van der Waals surface area contributed by atoms with Crippen molar-refractivity contribution < 1.29 is 8.42 Å². The minimum Gasteiger partial charge on any atom is -0.280 e. The summed E-state index contributed by atoms with van der Waals surface area (Å²) >= 11 is 0. The minimum absolute atomic E-state index is 0.188. The molecule has 0 fully saturated rings. The van der Waals surface area contributed by atoms with Gasteiger partial charge in [-0.25, -0.2) is 13.1 Å². The molecule has 2 aromatic carbocycles. The van der Waals surface area contributed by atoms with Crippen LogP contribution in [0.1, 0.15) is 11.1 Å². The van der Waals surface area contributed by atoms with Crippen molar-refractivity contribution in [1.82, 2.24) is 9.78 Å². The average Bonchev–Trinajstić information content (AvgIpc) is 2.57. The number of aryl methyl sites for hydroxylation is 3. The molecule has 0 aliphatic heterocycles. The van der Waals surface area contributed by atoms with Crippen LogP contribution in [0.5, 0.6) is 0 Å². The summed E-state index contributed by atoms with van der Waals surface area (Å²) in [5, 5.41) is 4.18. The van der Waals surface area contributed by atoms with Gasteiger partial charge < -0.3 is 0 Å². The van der Waals surface area contributed by atoms with Crippen LogP contribution in [0, 0.1) is 13.8 Å². The molecule has 1 N–H and O–H groups in total. The van der Waals surface area contributed by atoms with Crippen molar-refractivity contribution in [1.29, 1.82) is 0 Å². The van der Waals surface area contributed by atoms with Crippen LogP contribution in [0.25, 0.3) is 11.3 Å². The Kier molecular flexibility index (Phi) is 4.65. The predicted octanol–water partition coefficient (Wildman–Crippen LogP) is 2.86. The molecule has 26 heavy (non-hydrogen) atoms. The van der Waals surface area contributed by atoms with Gasteiger partial charge in [0.2, 0.25) is 0 Å². The molecule has 1 heterocycles. The number of hydrogen-bond acceptors (Lipinski definition) is 4. The highest BCUT2D eigenvalue weighted by molar-refractivity contribution is 7.92. The average molecular weight is 369 g/mol. The SMILES string of the molecule is Cc1cc(C)cc(S(=O)(=O)Nc2ccc(-c3ccc(=O)n(C)n3)cc2)c1. The first kappa shape index (κ1) is 17.9. The molecule has 134 valence electrons. The Balaban J connectivity index is 1.86. The maximum absolute atomic E-state index is 12.6. The Bertz CT molecular complexity index is 1100. The quantitative estimate of drug-likeness (QED) is 0.767. The molecule has 0 atom stereocenters. The lowest BCUT2D eigenvalue weighted by atomic mass is 10.1. The fourth-order valence-electron chi connectivity index (χ4n) is 2.67. The summed E-state index contributed by atoms with van der Waals surface area (Å²) < 4.78 is 29.0. The van der Waals surface area contributed by atoms with E-state index in [1.54, 1.807) is 49.5 Å². The summed E-state index contributed by atoms with van der Waals surface area (Å²) in [5.74, 6) is 0. The number of hydrogen-bond donors (Lipinski definition) is 1. The van der Waals surface area contributed by atoms with Crippen LogP contribution in [0.4, 0.5) is 5.69 Å². The lowest BCUT2D eigenvalue weighted by molar-refractivity contribution is 0.601. The molecule has 0 amide bonds. The minimum atomic E-state index is -3.66. The molecule has 0 aliphatic rings. The van der Waals surface area contributed by atoms with Gasteiger partial charge in [-0.3, -0.25) is 9.52 Å². The van der Waals surface area contributed by atoms with E-state index < -0.39 is 10.0 Å². The van der Waals surface area contributed by atoms with Crippen LogP contribution in [0.2, 0.25) is 0 Å². The van der Waals surface area contributed by atoms with E-state index in [4.69, 9.17) is 0 Å². The van der Waals surface area contributed by atoms with Gasteiger partial charge in [0, 0.05) is 24.4 Å². The Hall–Kier alpha value is -2.93. The Morgan fingerprint density at radius 3 is 2.12 bits per heavy atom. The zero-order valence-corrected chi connectivity index (χ0v) is 15.5. The van der Waals surface area contributed by atoms with E-state index in [0.717, 1.165) is 16.7 Å². The standard InChI is InChI=1S/C19H19N3O3S/c1-13-10-14(2)12-17(11-13)26(24,25)21-16-6-4-15(5-7-16)18-8-9-19(23)22(3)20-18/h4-12,21H,1-3H3. The van der Waals surface area contributed by atoms with Crippen molar-refractivity contribution >= 4 is 15.7 Å². The lowest BCUT2D eigenvalue weighted by Gasteiger charge is -2.10. The monoisotopic (exact) mass is 369 g/mol. The highest BCUT2D eigenvalue weighted by Gasteiger charge is 2.15. The van der Waals surface area contributed by atoms with Gasteiger partial charge in [0.25, 0.3) is 15.6 Å². The molecule has 0 radical (unpaired) electrons. The van der Waals surface area contributed by atoms with Crippen LogP contribution in [-0.2, 0) is 17.1 Å². The van der Waals surface area contributed by atoms with Crippen LogP contribution < -0.4 is 10.3 Å². The molecular formula is C19H19N3O3S. The highest BCUT2D eigenvalue weighted by atomic mass is 32.2. The summed E-state index contributed by atoms with van der Waals surface area (Å²) in [6.45, 7) is 3.72. The van der Waals surface area contributed by atoms with Gasteiger partial charge in [0.1, 0.15) is 0 Å². The molecule has 7 heteroatoms. The van der Waals surface area contributed by atoms with Gasteiger partial charge in [0.05, 0.1) is 10.6 Å². The normalized spacial score (nSPS) is 11.3. The van der Waals surface area contributed by atoms with Crippen molar-refractivity contribution in [2.75, 3.05) is 4.72 Å². The molecule has 0 bridgehead atoms. The number of anilines is 1. The topological polar surface area (TPSA) is 81.1 Å². The van der Waals surface area contributed by atoms with E-state index in [2.05, 4.69) is 9.82 Å². The first-order chi connectivity index (χ1) is 12.2. The summed E-state index contributed by atoms with van der Waals surface area (Å²) in [6.07, 6.45) is 0. The first-order valence-electron chi connectivity index (χ1n) is 8.00. The predicted molar refractivity (Wildman–Crippen MR) is 102 cm³/mol. The van der Waals surface area contributed by atoms with Crippen LogP contribution in [-0.4, -0.2) is 18.2 Å². The number of rotatable bonds is 4. The molecule has 0 unspecified atom stereocenters.